The highest BCUT2D eigenvalue weighted by atomic mass is 16.2. The van der Waals surface area contributed by atoms with Crippen LogP contribution in [0.1, 0.15) is 39.2 Å². The predicted octanol–water partition coefficient (Wildman–Crippen LogP) is 4.09. The molecule has 1 saturated heterocycles. The molecule has 2 heterocycles. The van der Waals surface area contributed by atoms with Crippen molar-refractivity contribution in [2.24, 2.45) is 5.92 Å². The summed E-state index contributed by atoms with van der Waals surface area (Å²) in [6.45, 7) is 7.87. The highest BCUT2D eigenvalue weighted by Gasteiger charge is 2.39. The van der Waals surface area contributed by atoms with E-state index in [9.17, 15) is 14.4 Å². The van der Waals surface area contributed by atoms with E-state index in [1.54, 1.807) is 24.3 Å². The van der Waals surface area contributed by atoms with E-state index < -0.39 is 0 Å². The molecule has 0 bridgehead atoms. The number of anilines is 3. The molecule has 172 valence electrons. The van der Waals surface area contributed by atoms with Crippen molar-refractivity contribution in [3.05, 3.63) is 59.8 Å². The molecule has 4 rings (SSSR count). The average molecular weight is 447 g/mol. The Morgan fingerprint density at radius 2 is 1.52 bits per heavy atom. The zero-order valence-corrected chi connectivity index (χ0v) is 19.4. The SMILES string of the molecule is CC(=O)Nc1ccc(C2=C(Nc3ccc(N4CCCC4)cc3)C(=O)N(CC(C)C)C2=O)cc1. The summed E-state index contributed by atoms with van der Waals surface area (Å²) in [6.07, 6.45) is 2.42. The lowest BCUT2D eigenvalue weighted by molar-refractivity contribution is -0.137. The lowest BCUT2D eigenvalue weighted by Crippen LogP contribution is -2.35. The van der Waals surface area contributed by atoms with E-state index >= 15 is 0 Å². The van der Waals surface area contributed by atoms with Crippen molar-refractivity contribution in [3.63, 3.8) is 0 Å². The fourth-order valence-corrected chi connectivity index (χ4v) is 4.29. The summed E-state index contributed by atoms with van der Waals surface area (Å²) < 4.78 is 0. The molecule has 2 aromatic carbocycles. The standard InChI is InChI=1S/C26H30N4O3/c1-17(2)16-30-25(32)23(19-6-8-20(9-7-19)27-18(3)31)24(26(30)33)28-21-10-12-22(13-11-21)29-14-4-5-15-29/h6-13,17,28H,4-5,14-16H2,1-3H3,(H,27,31). The Labute approximate surface area is 194 Å². The van der Waals surface area contributed by atoms with E-state index in [-0.39, 0.29) is 29.3 Å². The smallest absolute Gasteiger partial charge is 0.278 e. The molecule has 0 spiro atoms. The van der Waals surface area contributed by atoms with Gasteiger partial charge >= 0.3 is 0 Å². The zero-order chi connectivity index (χ0) is 23.5. The largest absolute Gasteiger partial charge is 0.372 e. The molecule has 2 aliphatic heterocycles. The van der Waals surface area contributed by atoms with Gasteiger partial charge in [-0.25, -0.2) is 0 Å². The van der Waals surface area contributed by atoms with Crippen LogP contribution in [0.2, 0.25) is 0 Å². The maximum atomic E-state index is 13.3. The first-order valence-electron chi connectivity index (χ1n) is 11.4. The third-order valence-electron chi connectivity index (χ3n) is 5.82. The van der Waals surface area contributed by atoms with Gasteiger partial charge in [0.15, 0.2) is 0 Å². The van der Waals surface area contributed by atoms with Gasteiger partial charge in [0, 0.05) is 43.6 Å². The van der Waals surface area contributed by atoms with Gasteiger partial charge in [-0.2, -0.15) is 0 Å². The van der Waals surface area contributed by atoms with E-state index in [1.807, 2.05) is 38.1 Å². The van der Waals surface area contributed by atoms with Crippen LogP contribution in [0.15, 0.2) is 54.2 Å². The van der Waals surface area contributed by atoms with Crippen LogP contribution in [-0.2, 0) is 14.4 Å². The minimum absolute atomic E-state index is 0.153. The molecule has 1 fully saturated rings. The van der Waals surface area contributed by atoms with Crippen LogP contribution in [0.5, 0.6) is 0 Å². The molecule has 2 aliphatic rings. The Kier molecular flexibility index (Phi) is 6.49. The Hall–Kier alpha value is -3.61. The monoisotopic (exact) mass is 446 g/mol. The van der Waals surface area contributed by atoms with Crippen LogP contribution in [-0.4, -0.2) is 42.3 Å². The number of carbonyl (C=O) groups excluding carboxylic acids is 3. The van der Waals surface area contributed by atoms with Gasteiger partial charge in [0.05, 0.1) is 5.57 Å². The molecule has 0 unspecified atom stereocenters. The minimum Gasteiger partial charge on any atom is -0.372 e. The van der Waals surface area contributed by atoms with E-state index in [0.29, 0.717) is 23.4 Å². The molecule has 0 aromatic heterocycles. The van der Waals surface area contributed by atoms with Gasteiger partial charge in [-0.3, -0.25) is 19.3 Å². The molecule has 33 heavy (non-hydrogen) atoms. The van der Waals surface area contributed by atoms with Crippen molar-refractivity contribution >= 4 is 40.4 Å². The van der Waals surface area contributed by atoms with Gasteiger partial charge in [0.1, 0.15) is 5.70 Å². The van der Waals surface area contributed by atoms with Crippen LogP contribution in [0, 0.1) is 5.92 Å². The highest BCUT2D eigenvalue weighted by Crippen LogP contribution is 2.32. The lowest BCUT2D eigenvalue weighted by atomic mass is 10.0. The first kappa shape index (κ1) is 22.6. The van der Waals surface area contributed by atoms with Crippen molar-refractivity contribution in [1.82, 2.24) is 4.90 Å². The van der Waals surface area contributed by atoms with Crippen LogP contribution in [0.25, 0.3) is 5.57 Å². The Bertz CT molecular complexity index is 1080. The van der Waals surface area contributed by atoms with Crippen LogP contribution in [0.4, 0.5) is 17.1 Å². The fraction of sp³-hybridized carbons (Fsp3) is 0.346. The number of rotatable bonds is 7. The summed E-state index contributed by atoms with van der Waals surface area (Å²) in [6, 6.07) is 14.9. The Morgan fingerprint density at radius 1 is 0.909 bits per heavy atom. The third kappa shape index (κ3) is 4.92. The second-order valence-corrected chi connectivity index (χ2v) is 8.99. The fourth-order valence-electron chi connectivity index (χ4n) is 4.29. The second-order valence-electron chi connectivity index (χ2n) is 8.99. The molecule has 7 heteroatoms. The number of nitrogens with zero attached hydrogens (tertiary/aromatic N) is 2. The molecule has 0 radical (unpaired) electrons. The van der Waals surface area contributed by atoms with Gasteiger partial charge in [-0.15, -0.1) is 0 Å². The number of amides is 3. The first-order chi connectivity index (χ1) is 15.8. The first-order valence-corrected chi connectivity index (χ1v) is 11.4. The summed E-state index contributed by atoms with van der Waals surface area (Å²) in [5.74, 6) is -0.646. The van der Waals surface area contributed by atoms with Gasteiger partial charge in [-0.05, 0) is 60.7 Å². The minimum atomic E-state index is -0.321. The second kappa shape index (κ2) is 9.48. The van der Waals surface area contributed by atoms with Gasteiger partial charge in [-0.1, -0.05) is 26.0 Å². The van der Waals surface area contributed by atoms with Crippen molar-refractivity contribution in [3.8, 4) is 0 Å². The molecule has 0 aliphatic carbocycles. The number of hydrogen-bond donors (Lipinski definition) is 2. The molecular weight excluding hydrogens is 416 g/mol. The quantitative estimate of drug-likeness (QED) is 0.626. The Balaban J connectivity index is 1.65. The molecule has 2 N–H and O–H groups in total. The predicted molar refractivity (Wildman–Crippen MR) is 131 cm³/mol. The Morgan fingerprint density at radius 3 is 2.09 bits per heavy atom. The summed E-state index contributed by atoms with van der Waals surface area (Å²) in [5, 5.41) is 5.94. The maximum Gasteiger partial charge on any atom is 0.278 e. The number of carbonyl (C=O) groups is 3. The summed E-state index contributed by atoms with van der Waals surface area (Å²) in [7, 11) is 0. The van der Waals surface area contributed by atoms with Gasteiger partial charge < -0.3 is 15.5 Å². The summed E-state index contributed by atoms with van der Waals surface area (Å²) >= 11 is 0. The van der Waals surface area contributed by atoms with Crippen molar-refractivity contribution in [2.75, 3.05) is 35.2 Å². The number of imide groups is 1. The average Bonchev–Trinajstić information content (AvgIpc) is 3.39. The van der Waals surface area contributed by atoms with Crippen molar-refractivity contribution in [2.45, 2.75) is 33.6 Å². The lowest BCUT2D eigenvalue weighted by Gasteiger charge is -2.18. The number of nitrogens with one attached hydrogen (secondary N) is 2. The van der Waals surface area contributed by atoms with E-state index in [2.05, 4.69) is 15.5 Å². The number of hydrogen-bond acceptors (Lipinski definition) is 5. The van der Waals surface area contributed by atoms with E-state index in [4.69, 9.17) is 0 Å². The molecular formula is C26H30N4O3. The third-order valence-corrected chi connectivity index (χ3v) is 5.82. The van der Waals surface area contributed by atoms with Crippen LogP contribution < -0.4 is 15.5 Å². The molecule has 3 amide bonds. The van der Waals surface area contributed by atoms with Crippen LogP contribution >= 0.6 is 0 Å². The van der Waals surface area contributed by atoms with Crippen molar-refractivity contribution in [1.29, 1.82) is 0 Å². The normalized spacial score (nSPS) is 16.2. The molecule has 0 atom stereocenters. The molecule has 0 saturated carbocycles. The van der Waals surface area contributed by atoms with E-state index in [1.165, 1.54) is 24.7 Å². The summed E-state index contributed by atoms with van der Waals surface area (Å²) in [5.41, 5.74) is 3.81. The number of benzene rings is 2. The molecule has 2 aromatic rings. The van der Waals surface area contributed by atoms with Gasteiger partial charge in [0.25, 0.3) is 11.8 Å². The topological polar surface area (TPSA) is 81.8 Å². The molecule has 7 nitrogen and oxygen atoms in total. The zero-order valence-electron chi connectivity index (χ0n) is 19.4. The van der Waals surface area contributed by atoms with Crippen LogP contribution in [0.3, 0.4) is 0 Å². The summed E-state index contributed by atoms with van der Waals surface area (Å²) in [4.78, 5) is 41.5. The maximum absolute atomic E-state index is 13.3. The van der Waals surface area contributed by atoms with E-state index in [0.717, 1.165) is 24.5 Å². The van der Waals surface area contributed by atoms with Gasteiger partial charge in [0.2, 0.25) is 5.91 Å². The highest BCUT2D eigenvalue weighted by molar-refractivity contribution is 6.36. The van der Waals surface area contributed by atoms with Crippen molar-refractivity contribution < 1.29 is 14.4 Å².